The molecule has 1 aromatic rings. The molecular formula is C56H70O8. The number of carbonyl (C=O) groups excluding carboxylic acids is 4. The quantitative estimate of drug-likeness (QED) is 0.264. The lowest BCUT2D eigenvalue weighted by Crippen LogP contribution is -2.70. The monoisotopic (exact) mass is 871 g/mol. The van der Waals surface area contributed by atoms with Crippen molar-refractivity contribution in [1.82, 2.24) is 0 Å². The molecule has 15 atom stereocenters. The van der Waals surface area contributed by atoms with Gasteiger partial charge in [-0.25, -0.2) is 0 Å². The first-order valence-electron chi connectivity index (χ1n) is 24.6. The van der Waals surface area contributed by atoms with Crippen LogP contribution in [-0.2, 0) is 19.8 Å². The third kappa shape index (κ3) is 4.56. The van der Waals surface area contributed by atoms with Gasteiger partial charge >= 0.3 is 5.79 Å². The number of rotatable bonds is 0. The zero-order valence-corrected chi connectivity index (χ0v) is 40.4. The van der Waals surface area contributed by atoms with E-state index in [9.17, 15) is 29.4 Å². The molecule has 342 valence electrons. The molecule has 1 heterocycles. The molecule has 8 heteroatoms. The lowest BCUT2D eigenvalue weighted by molar-refractivity contribution is -0.231. The summed E-state index contributed by atoms with van der Waals surface area (Å²) in [6, 6.07) is 1.88. The fourth-order valence-electron chi connectivity index (χ4n) is 17.9. The molecule has 1 aliphatic heterocycles. The molecule has 0 amide bonds. The van der Waals surface area contributed by atoms with Crippen LogP contribution in [-0.4, -0.2) is 50.8 Å². The molecule has 6 saturated carbocycles. The molecular weight excluding hydrogens is 801 g/mol. The van der Waals surface area contributed by atoms with E-state index in [0.29, 0.717) is 41.4 Å². The number of aliphatic hydroxyl groups excluding tert-OH is 1. The summed E-state index contributed by atoms with van der Waals surface area (Å²) in [5, 5.41) is 24.3. The van der Waals surface area contributed by atoms with E-state index in [0.717, 1.165) is 80.1 Å². The summed E-state index contributed by atoms with van der Waals surface area (Å²) in [5.74, 6) is -1.67. The van der Waals surface area contributed by atoms with Gasteiger partial charge in [-0.3, -0.25) is 19.2 Å². The molecule has 64 heavy (non-hydrogen) atoms. The molecule has 2 N–H and O–H groups in total. The Labute approximate surface area is 379 Å². The van der Waals surface area contributed by atoms with E-state index in [1.165, 1.54) is 5.57 Å². The molecule has 0 radical (unpaired) electrons. The third-order valence-electron chi connectivity index (χ3n) is 22.6. The summed E-state index contributed by atoms with van der Waals surface area (Å²) in [7, 11) is 0. The number of aliphatic hydroxyl groups is 2. The van der Waals surface area contributed by atoms with E-state index in [2.05, 4.69) is 74.5 Å². The van der Waals surface area contributed by atoms with Crippen LogP contribution in [0, 0.1) is 68.5 Å². The number of Topliss-reactive ketones (excluding diaryl/α,β-unsaturated/α-hetero) is 2. The van der Waals surface area contributed by atoms with Crippen molar-refractivity contribution in [2.75, 3.05) is 0 Å². The van der Waals surface area contributed by atoms with Crippen LogP contribution in [0.1, 0.15) is 168 Å². The first-order chi connectivity index (χ1) is 29.6. The predicted molar refractivity (Wildman–Crippen MR) is 244 cm³/mol. The van der Waals surface area contributed by atoms with Gasteiger partial charge in [-0.15, -0.1) is 0 Å². The van der Waals surface area contributed by atoms with Gasteiger partial charge in [-0.05, 0) is 152 Å². The Morgan fingerprint density at radius 2 is 1.30 bits per heavy atom. The highest BCUT2D eigenvalue weighted by atomic mass is 16.7. The van der Waals surface area contributed by atoms with Crippen LogP contribution in [0.4, 0.5) is 0 Å². The van der Waals surface area contributed by atoms with Crippen LogP contribution in [0.2, 0.25) is 0 Å². The van der Waals surface area contributed by atoms with Crippen LogP contribution < -0.4 is 9.47 Å². The van der Waals surface area contributed by atoms with Gasteiger partial charge in [0.15, 0.2) is 23.1 Å². The van der Waals surface area contributed by atoms with Gasteiger partial charge in [0.05, 0.1) is 0 Å². The first kappa shape index (κ1) is 43.0. The summed E-state index contributed by atoms with van der Waals surface area (Å²) in [6.07, 6.45) is 15.9. The molecule has 1 aromatic carbocycles. The third-order valence-corrected chi connectivity index (χ3v) is 22.6. The number of fused-ring (bicyclic) bond motifs is 17. The minimum absolute atomic E-state index is 0.0196. The standard InChI is InChI=1S/C56H70O8/c1-29-23-39-47(4,28-36(29)58)15-19-51(8)38-14-13-32-33(48(38,5)16-20-52(39,51)9)26-42(59)56(62)55(32,12)64-45-31(3)43-34(25-37(45)63-56)49(6)17-21-53(10)40-24-30(2)44(60)46(61)50(40,7)18-22-54(53,11)41(49)27-35(43)57/h13-14,25-27,29-30,39-40,46,61-62H,15-24,28H2,1-12H3/t29-,30-,39-,40-,46-,47+,48+,49+,50-,51-,52+,53+,54-,55+,56-/m1/s1. The van der Waals surface area contributed by atoms with Crippen molar-refractivity contribution in [3.8, 4) is 11.5 Å². The van der Waals surface area contributed by atoms with E-state index in [1.807, 2.05) is 26.0 Å². The summed E-state index contributed by atoms with van der Waals surface area (Å²) in [6.45, 7) is 26.2. The summed E-state index contributed by atoms with van der Waals surface area (Å²) in [5.41, 5.74) is 2.02. The van der Waals surface area contributed by atoms with Crippen LogP contribution in [0.25, 0.3) is 0 Å². The van der Waals surface area contributed by atoms with Gasteiger partial charge in [0, 0.05) is 51.2 Å². The average Bonchev–Trinajstić information content (AvgIpc) is 3.23. The maximum absolute atomic E-state index is 14.8. The summed E-state index contributed by atoms with van der Waals surface area (Å²) < 4.78 is 13.8. The average molecular weight is 871 g/mol. The van der Waals surface area contributed by atoms with E-state index in [1.54, 1.807) is 13.0 Å². The molecule has 6 fully saturated rings. The van der Waals surface area contributed by atoms with Gasteiger partial charge in [0.2, 0.25) is 11.4 Å². The van der Waals surface area contributed by atoms with Crippen molar-refractivity contribution in [2.24, 2.45) is 61.6 Å². The number of benzene rings is 1. The molecule has 0 bridgehead atoms. The van der Waals surface area contributed by atoms with Gasteiger partial charge in [-0.1, -0.05) is 87.0 Å². The lowest BCUT2D eigenvalue weighted by atomic mass is 9.35. The lowest BCUT2D eigenvalue weighted by Gasteiger charge is -2.69. The second-order valence-corrected chi connectivity index (χ2v) is 25.3. The molecule has 0 aromatic heterocycles. The zero-order valence-electron chi connectivity index (χ0n) is 40.4. The molecule has 0 saturated heterocycles. The van der Waals surface area contributed by atoms with Crippen molar-refractivity contribution < 1.29 is 38.9 Å². The number of ketones is 4. The van der Waals surface area contributed by atoms with Crippen molar-refractivity contribution in [2.45, 2.75) is 177 Å². The maximum atomic E-state index is 14.8. The van der Waals surface area contributed by atoms with Crippen LogP contribution in [0.15, 0.2) is 52.7 Å². The van der Waals surface area contributed by atoms with Crippen molar-refractivity contribution in [3.05, 3.63) is 69.4 Å². The van der Waals surface area contributed by atoms with Crippen molar-refractivity contribution in [1.29, 1.82) is 0 Å². The number of carbonyl (C=O) groups is 4. The Hall–Kier alpha value is -3.62. The van der Waals surface area contributed by atoms with Gasteiger partial charge in [0.25, 0.3) is 0 Å². The van der Waals surface area contributed by atoms with Crippen LogP contribution in [0.3, 0.4) is 0 Å². The predicted octanol–water partition coefficient (Wildman–Crippen LogP) is 10.4. The molecule has 11 rings (SSSR count). The van der Waals surface area contributed by atoms with Gasteiger partial charge in [-0.2, -0.15) is 0 Å². The van der Waals surface area contributed by atoms with Gasteiger partial charge < -0.3 is 19.7 Å². The normalized spacial score (nSPS) is 50.9. The topological polar surface area (TPSA) is 127 Å². The van der Waals surface area contributed by atoms with Crippen molar-refractivity contribution in [3.63, 3.8) is 0 Å². The smallest absolute Gasteiger partial charge is 0.317 e. The first-order valence-corrected chi connectivity index (χ1v) is 24.6. The molecule has 0 unspecified atom stereocenters. The Bertz CT molecular complexity index is 2580. The Balaban J connectivity index is 0.985. The molecule has 10 aliphatic rings. The van der Waals surface area contributed by atoms with E-state index >= 15 is 0 Å². The van der Waals surface area contributed by atoms with E-state index < -0.39 is 39.5 Å². The fraction of sp³-hybridized carbons (Fsp3) is 0.679. The number of ether oxygens (including phenoxy) is 2. The highest BCUT2D eigenvalue weighted by molar-refractivity contribution is 6.10. The number of hydrogen-bond donors (Lipinski definition) is 2. The largest absolute Gasteiger partial charge is 0.471 e. The Kier molecular flexibility index (Phi) is 8.25. The van der Waals surface area contributed by atoms with Crippen molar-refractivity contribution >= 4 is 23.1 Å². The van der Waals surface area contributed by atoms with E-state index in [4.69, 9.17) is 9.47 Å². The van der Waals surface area contributed by atoms with Gasteiger partial charge in [0.1, 0.15) is 11.9 Å². The second kappa shape index (κ2) is 12.3. The second-order valence-electron chi connectivity index (χ2n) is 25.3. The summed E-state index contributed by atoms with van der Waals surface area (Å²) in [4.78, 5) is 55.9. The SMILES string of the molecule is Cc1c2c(cc3c1C(=O)C=C1[C@@]3(C)CC[C@@]3(C)[C@@H]4C[C@@H](C)C(=O)[C@@H](O)[C@]4(C)CC[C@]13C)O[C@]1(O)C(=O)C=C3C(=CC=C4[C@@]3(C)CC[C@@]3(C)[C@@H]5C[C@@H](C)C(=O)C[C@]5(C)CC[C@]43C)[C@]1(C)O2. The maximum Gasteiger partial charge on any atom is 0.317 e. The zero-order chi connectivity index (χ0) is 46.1. The minimum atomic E-state index is -2.36. The highest BCUT2D eigenvalue weighted by Crippen LogP contribution is 2.77. The van der Waals surface area contributed by atoms with Crippen LogP contribution >= 0.6 is 0 Å². The Morgan fingerprint density at radius 3 is 2.00 bits per heavy atom. The number of hydrogen-bond acceptors (Lipinski definition) is 8. The molecule has 9 aliphatic carbocycles. The minimum Gasteiger partial charge on any atom is -0.471 e. The highest BCUT2D eigenvalue weighted by Gasteiger charge is 2.72. The summed E-state index contributed by atoms with van der Waals surface area (Å²) >= 11 is 0. The Morgan fingerprint density at radius 1 is 0.672 bits per heavy atom. The molecule has 0 spiro atoms. The number of allylic oxidation sites excluding steroid dienone is 5. The van der Waals surface area contributed by atoms with E-state index in [-0.39, 0.29) is 62.1 Å². The molecule has 8 nitrogen and oxygen atoms in total. The fourth-order valence-corrected chi connectivity index (χ4v) is 17.9. The van der Waals surface area contributed by atoms with Crippen LogP contribution in [0.5, 0.6) is 11.5 Å².